The Labute approximate surface area is 162 Å². The van der Waals surface area contributed by atoms with E-state index < -0.39 is 10.0 Å². The third-order valence-corrected chi connectivity index (χ3v) is 6.36. The Morgan fingerprint density at radius 2 is 2.12 bits per heavy atom. The van der Waals surface area contributed by atoms with Crippen molar-refractivity contribution in [3.8, 4) is 0 Å². The zero-order valence-corrected chi connectivity index (χ0v) is 17.1. The molecule has 0 spiro atoms. The second kappa shape index (κ2) is 8.79. The van der Waals surface area contributed by atoms with Crippen molar-refractivity contribution in [1.29, 1.82) is 0 Å². The number of nitrogens with zero attached hydrogens (tertiary/aromatic N) is 2. The van der Waals surface area contributed by atoms with Crippen molar-refractivity contribution in [2.75, 3.05) is 11.3 Å². The van der Waals surface area contributed by atoms with Gasteiger partial charge in [-0.25, -0.2) is 13.4 Å². The highest BCUT2D eigenvalue weighted by molar-refractivity contribution is 7.93. The molecule has 0 aliphatic heterocycles. The molecular formula is C16H21ClN4O3S2. The van der Waals surface area contributed by atoms with Crippen molar-refractivity contribution >= 4 is 44.2 Å². The van der Waals surface area contributed by atoms with Gasteiger partial charge < -0.3 is 5.32 Å². The van der Waals surface area contributed by atoms with E-state index in [1.54, 1.807) is 19.1 Å². The normalized spacial score (nSPS) is 12.6. The highest BCUT2D eigenvalue weighted by Crippen LogP contribution is 2.26. The van der Waals surface area contributed by atoms with Crippen LogP contribution in [0.5, 0.6) is 0 Å². The number of amides is 1. The molecule has 0 aliphatic carbocycles. The van der Waals surface area contributed by atoms with Gasteiger partial charge in [-0.15, -0.1) is 0 Å². The van der Waals surface area contributed by atoms with Gasteiger partial charge in [-0.2, -0.15) is 4.37 Å². The summed E-state index contributed by atoms with van der Waals surface area (Å²) in [5.41, 5.74) is 0.471. The summed E-state index contributed by atoms with van der Waals surface area (Å²) in [5.74, 6) is 0.331. The average molecular weight is 417 g/mol. The minimum atomic E-state index is -3.81. The average Bonchev–Trinajstić information content (AvgIpc) is 3.03. The number of hydrogen-bond acceptors (Lipinski definition) is 6. The summed E-state index contributed by atoms with van der Waals surface area (Å²) in [6.45, 7) is 5.84. The lowest BCUT2D eigenvalue weighted by atomic mass is 10.1. The van der Waals surface area contributed by atoms with E-state index in [2.05, 4.69) is 19.4 Å². The maximum atomic E-state index is 12.6. The van der Waals surface area contributed by atoms with Crippen LogP contribution in [0.2, 0.25) is 5.02 Å². The Morgan fingerprint density at radius 3 is 2.81 bits per heavy atom. The predicted molar refractivity (Wildman–Crippen MR) is 103 cm³/mol. The molecule has 10 heteroatoms. The molecule has 0 bridgehead atoms. The van der Waals surface area contributed by atoms with Gasteiger partial charge in [0.05, 0.1) is 4.90 Å². The molecule has 2 rings (SSSR count). The molecule has 1 aromatic heterocycles. The fraction of sp³-hybridized carbons (Fsp3) is 0.438. The predicted octanol–water partition coefficient (Wildman–Crippen LogP) is 3.32. The maximum absolute atomic E-state index is 12.6. The van der Waals surface area contributed by atoms with Crippen molar-refractivity contribution < 1.29 is 13.2 Å². The third kappa shape index (κ3) is 5.15. The van der Waals surface area contributed by atoms with Crippen molar-refractivity contribution in [2.45, 2.75) is 44.4 Å². The van der Waals surface area contributed by atoms with Gasteiger partial charge >= 0.3 is 0 Å². The van der Waals surface area contributed by atoms with Gasteiger partial charge in [-0.1, -0.05) is 31.5 Å². The first kappa shape index (κ1) is 20.6. The molecule has 1 atom stereocenters. The Morgan fingerprint density at radius 1 is 1.38 bits per heavy atom. The van der Waals surface area contributed by atoms with Crippen LogP contribution in [0.1, 0.15) is 44.0 Å². The topological polar surface area (TPSA) is 101 Å². The number of halogens is 1. The summed E-state index contributed by atoms with van der Waals surface area (Å²) in [4.78, 5) is 15.9. The van der Waals surface area contributed by atoms with E-state index in [1.807, 2.05) is 13.8 Å². The van der Waals surface area contributed by atoms with Crippen LogP contribution in [0.15, 0.2) is 23.1 Å². The second-order valence-corrected chi connectivity index (χ2v) is 8.69. The quantitative estimate of drug-likeness (QED) is 0.687. The summed E-state index contributed by atoms with van der Waals surface area (Å²) < 4.78 is 31.7. The molecule has 1 aromatic carbocycles. The van der Waals surface area contributed by atoms with Crippen LogP contribution in [0, 0.1) is 6.92 Å². The Kier molecular flexibility index (Phi) is 6.96. The lowest BCUT2D eigenvalue weighted by molar-refractivity contribution is -0.121. The van der Waals surface area contributed by atoms with Crippen molar-refractivity contribution in [3.63, 3.8) is 0 Å². The number of rotatable bonds is 8. The van der Waals surface area contributed by atoms with E-state index in [0.717, 1.165) is 18.0 Å². The number of hydrogen-bond donors (Lipinski definition) is 2. The Bertz CT molecular complexity index is 883. The van der Waals surface area contributed by atoms with Crippen LogP contribution in [-0.4, -0.2) is 30.2 Å². The molecule has 0 saturated carbocycles. The fourth-order valence-electron chi connectivity index (χ4n) is 2.20. The van der Waals surface area contributed by atoms with E-state index in [9.17, 15) is 13.2 Å². The summed E-state index contributed by atoms with van der Waals surface area (Å²) in [5, 5.41) is 3.36. The monoisotopic (exact) mass is 416 g/mol. The molecule has 0 fully saturated rings. The summed E-state index contributed by atoms with van der Waals surface area (Å²) >= 11 is 6.96. The molecule has 0 radical (unpaired) electrons. The standard InChI is InChI=1S/C16H21ClN4O3S2/c1-4-6-14(22)18-9-10(2)15-19-16(25-20-15)21-26(23,24)13-8-5-7-12(17)11(13)3/h5,7-8,10H,4,6,9H2,1-3H3,(H,18,22)(H,19,20,21)/t10-/m1/s1. The van der Waals surface area contributed by atoms with E-state index in [4.69, 9.17) is 11.6 Å². The lowest BCUT2D eigenvalue weighted by Crippen LogP contribution is -2.27. The number of benzene rings is 1. The van der Waals surface area contributed by atoms with Crippen LogP contribution in [0.4, 0.5) is 5.13 Å². The van der Waals surface area contributed by atoms with Crippen LogP contribution in [0.3, 0.4) is 0 Å². The van der Waals surface area contributed by atoms with Gasteiger partial charge in [-0.3, -0.25) is 9.52 Å². The first-order valence-corrected chi connectivity index (χ1v) is 10.8. The highest BCUT2D eigenvalue weighted by Gasteiger charge is 2.21. The minimum absolute atomic E-state index is 0.0214. The first-order chi connectivity index (χ1) is 12.2. The van der Waals surface area contributed by atoms with Gasteiger partial charge in [-0.05, 0) is 31.0 Å². The van der Waals surface area contributed by atoms with E-state index in [0.29, 0.717) is 29.4 Å². The van der Waals surface area contributed by atoms with E-state index in [1.165, 1.54) is 6.07 Å². The molecule has 7 nitrogen and oxygen atoms in total. The van der Waals surface area contributed by atoms with E-state index in [-0.39, 0.29) is 21.9 Å². The molecule has 1 heterocycles. The molecule has 1 amide bonds. The van der Waals surface area contributed by atoms with Crippen LogP contribution in [0.25, 0.3) is 0 Å². The summed E-state index contributed by atoms with van der Waals surface area (Å²) in [7, 11) is -3.81. The number of aromatic nitrogens is 2. The molecule has 2 N–H and O–H groups in total. The molecule has 0 unspecified atom stereocenters. The van der Waals surface area contributed by atoms with Gasteiger partial charge in [0.1, 0.15) is 5.82 Å². The number of carbonyl (C=O) groups excluding carboxylic acids is 1. The number of sulfonamides is 1. The fourth-order valence-corrected chi connectivity index (χ4v) is 4.60. The number of anilines is 1. The second-order valence-electron chi connectivity index (χ2n) is 5.88. The van der Waals surface area contributed by atoms with Crippen LogP contribution >= 0.6 is 23.1 Å². The zero-order valence-electron chi connectivity index (χ0n) is 14.7. The van der Waals surface area contributed by atoms with Gasteiger partial charge in [0.25, 0.3) is 10.0 Å². The Balaban J connectivity index is 2.07. The van der Waals surface area contributed by atoms with Crippen LogP contribution in [-0.2, 0) is 14.8 Å². The first-order valence-electron chi connectivity index (χ1n) is 8.12. The molecular weight excluding hydrogens is 396 g/mol. The maximum Gasteiger partial charge on any atom is 0.264 e. The van der Waals surface area contributed by atoms with Gasteiger partial charge in [0.15, 0.2) is 0 Å². The minimum Gasteiger partial charge on any atom is -0.355 e. The Hall–Kier alpha value is -1.71. The highest BCUT2D eigenvalue weighted by atomic mass is 35.5. The number of carbonyl (C=O) groups is 1. The number of nitrogens with one attached hydrogen (secondary N) is 2. The summed E-state index contributed by atoms with van der Waals surface area (Å²) in [6, 6.07) is 4.70. The molecule has 2 aromatic rings. The summed E-state index contributed by atoms with van der Waals surface area (Å²) in [6.07, 6.45) is 1.26. The largest absolute Gasteiger partial charge is 0.355 e. The van der Waals surface area contributed by atoms with Crippen molar-refractivity contribution in [1.82, 2.24) is 14.7 Å². The lowest BCUT2D eigenvalue weighted by Gasteiger charge is -2.10. The molecule has 26 heavy (non-hydrogen) atoms. The molecule has 0 saturated heterocycles. The van der Waals surface area contributed by atoms with Crippen LogP contribution < -0.4 is 10.0 Å². The van der Waals surface area contributed by atoms with Crippen molar-refractivity contribution in [3.05, 3.63) is 34.6 Å². The van der Waals surface area contributed by atoms with Crippen molar-refractivity contribution in [2.24, 2.45) is 0 Å². The van der Waals surface area contributed by atoms with Gasteiger partial charge in [0.2, 0.25) is 11.0 Å². The SMILES string of the molecule is CCCC(=O)NC[C@@H](C)c1nsc(NS(=O)(=O)c2cccc(Cl)c2C)n1. The van der Waals surface area contributed by atoms with E-state index >= 15 is 0 Å². The molecule has 0 aliphatic rings. The smallest absolute Gasteiger partial charge is 0.264 e. The van der Waals surface area contributed by atoms with Gasteiger partial charge in [0, 0.05) is 35.4 Å². The zero-order chi connectivity index (χ0) is 19.3. The molecule has 142 valence electrons. The third-order valence-electron chi connectivity index (χ3n) is 3.69.